The molecule has 2 aromatic heterocycles. The monoisotopic (exact) mass is 1700 g/mol. The average molecular weight is 1710 g/mol. The number of amides is 1. The van der Waals surface area contributed by atoms with Gasteiger partial charge in [0.15, 0.2) is 18.4 Å². The molecule has 0 spiro atoms. The minimum absolute atomic E-state index is 0.0282. The van der Waals surface area contributed by atoms with Crippen molar-refractivity contribution in [2.75, 3.05) is 39.7 Å². The molecule has 5 N–H and O–H groups in total. The van der Waals surface area contributed by atoms with Crippen LogP contribution in [0, 0.1) is 30.6 Å². The Morgan fingerprint density at radius 2 is 1.24 bits per heavy atom. The number of fused-ring (bicyclic) bond motifs is 4. The van der Waals surface area contributed by atoms with Crippen molar-refractivity contribution in [3.63, 3.8) is 0 Å². The molecule has 1 amide bonds. The molecule has 9 aromatic rings. The Morgan fingerprint density at radius 1 is 0.655 bits per heavy atom. The number of likely N-dealkylation sites (N-methyl/N-ethyl adjacent to an activating group) is 2. The number of aliphatic hydroxyl groups excluding tert-OH is 3. The predicted octanol–water partition coefficient (Wildman–Crippen LogP) is 14.5. The lowest BCUT2D eigenvalue weighted by Crippen LogP contribution is -2.61. The molecule has 634 valence electrons. The van der Waals surface area contributed by atoms with Gasteiger partial charge < -0.3 is 68.3 Å². The molecule has 7 heterocycles. The van der Waals surface area contributed by atoms with E-state index in [0.29, 0.717) is 28.0 Å². The van der Waals surface area contributed by atoms with Gasteiger partial charge in [-0.25, -0.2) is 4.98 Å². The Hall–Kier alpha value is -8.44. The maximum Gasteiger partial charge on any atom is 0.311 e. The number of aromatic nitrogens is 5. The van der Waals surface area contributed by atoms with Gasteiger partial charge in [0.25, 0.3) is 0 Å². The molecule has 0 unspecified atom stereocenters. The van der Waals surface area contributed by atoms with Crippen molar-refractivity contribution < 1.29 is 68.3 Å². The highest BCUT2D eigenvalue weighted by molar-refractivity contribution is 6.36. The molecular weight excluding hydrogens is 1600 g/mol. The molecule has 5 aliphatic rings. The zero-order valence-corrected chi connectivity index (χ0v) is 72.8. The summed E-state index contributed by atoms with van der Waals surface area (Å²) in [4.78, 5) is 56.9. The second-order valence-electron chi connectivity index (χ2n) is 32.3. The van der Waals surface area contributed by atoms with Crippen LogP contribution in [0.5, 0.6) is 0 Å². The Labute approximate surface area is 716 Å². The van der Waals surface area contributed by atoms with Gasteiger partial charge in [-0.1, -0.05) is 201 Å². The molecule has 3 fully saturated rings. The number of cyclic esters (lactones) is 1. The molecule has 23 nitrogen and oxygen atoms in total. The molecule has 18 atom stereocenters. The van der Waals surface area contributed by atoms with Gasteiger partial charge in [0.1, 0.15) is 54.1 Å². The van der Waals surface area contributed by atoms with Gasteiger partial charge in [-0.3, -0.25) is 28.9 Å². The van der Waals surface area contributed by atoms with E-state index in [9.17, 15) is 39.9 Å². The van der Waals surface area contributed by atoms with E-state index < -0.39 is 113 Å². The van der Waals surface area contributed by atoms with Crippen LogP contribution in [0.25, 0.3) is 5.69 Å². The van der Waals surface area contributed by atoms with Crippen LogP contribution in [0.3, 0.4) is 0 Å². The average Bonchev–Trinajstić information content (AvgIpc) is 1.70. The summed E-state index contributed by atoms with van der Waals surface area (Å²) in [6.45, 7) is 18.8. The standard InChI is InChI=1S/C37H67NO13.C22H17ClN2.C17H12Cl2N4.C16H13ClN2O/c1-14-25-37(10,45)30(41)20(4)27(39)18(2)16-35(8,44)32(51-34-28(40)24(38(11)12)15-19(3)47-34)21(5)29(22(6)33(43)49-25)50-26-17-36(9,46-13)31(42)23(7)48-26;23-21-14-8-7-13-20(21)22(25-16-15-24-17-25,18-9-3-1-4-10-18)19-11-5-2-6-12-19;1-10-21-22-16-9-20-17(12-4-2-3-5-14(12)19)13-8-11(18)6-7-15(13)23(10)16;1-19-14-8-7-12(17)9-13(14)16(18-10-15(19)20)11-5-3-2-4-6-11/h18-26,28-32,34,40-42,44-45H,14-17H2,1-13H3;1-17H;2-8H,9H2,1H3;2-9H,10H2,1H3/t18-,19-,20+,21+,22-,23+,24+,25-,26+,28-,29+,30-,31+,32-,34+,35-,36-,37-;;;/m1.../s1. The predicted molar refractivity (Wildman–Crippen MR) is 462 cm³/mol. The minimum atomic E-state index is -1.99. The number of imidazole rings is 1. The number of aliphatic hydroxyl groups is 5. The Bertz CT molecular complexity index is 4960. The molecule has 7 aromatic carbocycles. The summed E-state index contributed by atoms with van der Waals surface area (Å²) in [7, 11) is 6.94. The van der Waals surface area contributed by atoms with Crippen molar-refractivity contribution in [1.82, 2.24) is 29.2 Å². The first-order valence-corrected chi connectivity index (χ1v) is 41.7. The smallest absolute Gasteiger partial charge is 0.311 e. The molecule has 0 saturated carbocycles. The summed E-state index contributed by atoms with van der Waals surface area (Å²) in [5.41, 5.74) is 4.96. The Morgan fingerprint density at radius 3 is 1.82 bits per heavy atom. The lowest BCUT2D eigenvalue weighted by atomic mass is 9.74. The first-order chi connectivity index (χ1) is 56.6. The topological polar surface area (TPSA) is 287 Å². The number of carbonyl (C=O) groups excluding carboxylic acids is 3. The first kappa shape index (κ1) is 91.3. The van der Waals surface area contributed by atoms with Crippen LogP contribution >= 0.6 is 46.4 Å². The fourth-order valence-corrected chi connectivity index (χ4v) is 17.9. The van der Waals surface area contributed by atoms with Gasteiger partial charge in [-0.2, -0.15) is 0 Å². The zero-order chi connectivity index (χ0) is 86.2. The van der Waals surface area contributed by atoms with E-state index in [-0.39, 0.29) is 43.9 Å². The van der Waals surface area contributed by atoms with E-state index >= 15 is 0 Å². The van der Waals surface area contributed by atoms with Gasteiger partial charge >= 0.3 is 5.97 Å². The van der Waals surface area contributed by atoms with Crippen molar-refractivity contribution in [3.05, 3.63) is 265 Å². The number of rotatable bonds is 13. The number of benzene rings is 7. The van der Waals surface area contributed by atoms with Crippen molar-refractivity contribution in [1.29, 1.82) is 0 Å². The highest BCUT2D eigenvalue weighted by atomic mass is 35.5. The third-order valence-corrected chi connectivity index (χ3v) is 24.7. The van der Waals surface area contributed by atoms with Crippen LogP contribution in [0.4, 0.5) is 5.69 Å². The molecule has 0 aliphatic carbocycles. The van der Waals surface area contributed by atoms with E-state index in [1.807, 2.05) is 165 Å². The van der Waals surface area contributed by atoms with Crippen LogP contribution in [0.15, 0.2) is 205 Å². The lowest BCUT2D eigenvalue weighted by molar-refractivity contribution is -0.318. The SMILES string of the molecule is CC[C@H]1OC(=O)[C@H](C)[C@@H](O[C@H]2C[C@@](C)(OC)[C@@H](O)[C@H](C)O2)[C@H](C)[C@@H](O[C@@H]2O[C@H](C)C[C@H](N(C)C)[C@H]2O)[C@](C)(O)C[C@@H](C)C(=O)[C@H](C)[C@@H](O)[C@]1(C)O.CN1C(=O)CN=C(c2ccccc2)c2cc(Cl)ccc21.Cc1nnc2n1-c1ccc(Cl)cc1C(c1ccccc1Cl)=NC2.Clc1ccccc1C(c1ccccc1)(c1ccccc1)n1ccnc1. The van der Waals surface area contributed by atoms with Crippen molar-refractivity contribution >= 4 is 81.2 Å². The van der Waals surface area contributed by atoms with E-state index in [0.717, 1.165) is 78.4 Å². The number of methoxy groups -OCH3 is 1. The van der Waals surface area contributed by atoms with Gasteiger partial charge in [0.2, 0.25) is 5.91 Å². The van der Waals surface area contributed by atoms with E-state index in [2.05, 4.69) is 79.3 Å². The molecule has 27 heteroatoms. The second kappa shape index (κ2) is 39.2. The second-order valence-corrected chi connectivity index (χ2v) is 34.0. The van der Waals surface area contributed by atoms with Crippen molar-refractivity contribution in [2.24, 2.45) is 33.7 Å². The van der Waals surface area contributed by atoms with Gasteiger partial charge in [0.05, 0.1) is 76.8 Å². The Balaban J connectivity index is 0.000000169. The number of ether oxygens (including phenoxy) is 6. The lowest BCUT2D eigenvalue weighted by Gasteiger charge is -2.49. The largest absolute Gasteiger partial charge is 0.459 e. The number of benzodiazepines with no additional fused rings is 1. The number of nitrogens with zero attached hydrogens (tertiary/aromatic N) is 9. The maximum atomic E-state index is 14.1. The number of Topliss-reactive ketones (excluding diaryl/α,β-unsaturated/α-hetero) is 1. The highest BCUT2D eigenvalue weighted by Crippen LogP contribution is 2.46. The summed E-state index contributed by atoms with van der Waals surface area (Å²) in [5.74, 6) is -3.39. The van der Waals surface area contributed by atoms with Crippen LogP contribution in [-0.4, -0.2) is 203 Å². The van der Waals surface area contributed by atoms with Crippen LogP contribution in [0.2, 0.25) is 20.1 Å². The summed E-state index contributed by atoms with van der Waals surface area (Å²) in [6, 6.07) is 57.3. The summed E-state index contributed by atoms with van der Waals surface area (Å²) in [6.07, 6.45) is -4.06. The number of anilines is 1. The number of hydrogen-bond acceptors (Lipinski definition) is 20. The van der Waals surface area contributed by atoms with Gasteiger partial charge in [-0.15, -0.1) is 10.2 Å². The number of esters is 1. The quantitative estimate of drug-likeness (QED) is 0.0529. The molecule has 0 radical (unpaired) electrons. The zero-order valence-electron chi connectivity index (χ0n) is 69.8. The van der Waals surface area contributed by atoms with E-state index in [4.69, 9.17) is 79.8 Å². The molecule has 3 saturated heterocycles. The normalized spacial score (nSPS) is 28.7. The third kappa shape index (κ3) is 19.9. The van der Waals surface area contributed by atoms with E-state index in [1.54, 1.807) is 65.8 Å². The Kier molecular flexibility index (Phi) is 30.1. The number of carbonyl (C=O) groups is 3. The van der Waals surface area contributed by atoms with Gasteiger partial charge in [0, 0.05) is 105 Å². The number of aliphatic imine (C=N–C) groups is 2. The number of hydrogen-bond donors (Lipinski definition) is 5. The number of halogens is 4. The summed E-state index contributed by atoms with van der Waals surface area (Å²) >= 11 is 25.4. The number of aryl methyl sites for hydroxylation is 1. The summed E-state index contributed by atoms with van der Waals surface area (Å²) < 4.78 is 41.2. The van der Waals surface area contributed by atoms with Crippen molar-refractivity contribution in [3.8, 4) is 5.69 Å². The van der Waals surface area contributed by atoms with E-state index in [1.165, 1.54) is 27.9 Å². The summed E-state index contributed by atoms with van der Waals surface area (Å²) in [5, 5.41) is 68.7. The fourth-order valence-electron chi connectivity index (χ4n) is 17.0. The van der Waals surface area contributed by atoms with Crippen LogP contribution < -0.4 is 4.90 Å². The molecular formula is C92H109Cl4N9O14. The minimum Gasteiger partial charge on any atom is -0.459 e. The molecule has 5 aliphatic heterocycles. The molecule has 14 rings (SSSR count). The highest BCUT2D eigenvalue weighted by Gasteiger charge is 2.54. The maximum absolute atomic E-state index is 14.1. The van der Waals surface area contributed by atoms with Crippen LogP contribution in [0.1, 0.15) is 146 Å². The fraction of sp³-hybridized carbons (Fsp3) is 0.435. The molecule has 0 bridgehead atoms. The molecule has 119 heavy (non-hydrogen) atoms. The van der Waals surface area contributed by atoms with Crippen molar-refractivity contribution in [2.45, 2.75) is 198 Å². The first-order valence-electron chi connectivity index (χ1n) is 40.2. The van der Waals surface area contributed by atoms with Crippen LogP contribution in [-0.2, 0) is 54.9 Å². The number of ketones is 1. The van der Waals surface area contributed by atoms with Gasteiger partial charge in [-0.05, 0) is 141 Å². The third-order valence-electron chi connectivity index (χ3n) is 23.6.